The summed E-state index contributed by atoms with van der Waals surface area (Å²) >= 11 is 0. The van der Waals surface area contributed by atoms with E-state index in [9.17, 15) is 0 Å². The van der Waals surface area contributed by atoms with Gasteiger partial charge in [-0.1, -0.05) is 15.3 Å². The van der Waals surface area contributed by atoms with Gasteiger partial charge in [-0.05, 0) is 23.0 Å². The third-order valence-corrected chi connectivity index (χ3v) is 1.52. The summed E-state index contributed by atoms with van der Waals surface area (Å²) < 4.78 is 4.85. The van der Waals surface area contributed by atoms with Crippen LogP contribution in [0.15, 0.2) is 15.3 Å². The summed E-state index contributed by atoms with van der Waals surface area (Å²) in [6.45, 7) is 0.477. The average molecular weight is 195 g/mol. The number of hydrogen-bond donors (Lipinski definition) is 0. The summed E-state index contributed by atoms with van der Waals surface area (Å²) in [6, 6.07) is 0. The fourth-order valence-corrected chi connectivity index (χ4v) is 0.889. The Hall–Kier alpha value is -2.11. The monoisotopic (exact) mass is 195 g/mol. The second kappa shape index (κ2) is 4.22. The molecule has 1 saturated heterocycles. The third-order valence-electron chi connectivity index (χ3n) is 1.52. The topological polar surface area (TPSA) is 159 Å². The third kappa shape index (κ3) is 2.44. The van der Waals surface area contributed by atoms with Crippen molar-refractivity contribution in [3.05, 3.63) is 31.3 Å². The van der Waals surface area contributed by atoms with E-state index in [1.165, 1.54) is 0 Å². The van der Waals surface area contributed by atoms with E-state index in [1.54, 1.807) is 0 Å². The molecule has 1 atom stereocenters. The molecule has 0 bridgehead atoms. The lowest BCUT2D eigenvalue weighted by molar-refractivity contribution is 0.327. The number of hydrogen-bond acceptors (Lipinski definition) is 4. The van der Waals surface area contributed by atoms with Crippen molar-refractivity contribution in [3.8, 4) is 0 Å². The van der Waals surface area contributed by atoms with Gasteiger partial charge in [0.1, 0.15) is 0 Å². The largest absolute Gasteiger partial charge is 0.373 e. The van der Waals surface area contributed by atoms with Crippen molar-refractivity contribution in [3.63, 3.8) is 0 Å². The zero-order valence-corrected chi connectivity index (χ0v) is 6.92. The summed E-state index contributed by atoms with van der Waals surface area (Å²) in [5.41, 5.74) is 24.7. The predicted octanol–water partition coefficient (Wildman–Crippen LogP) is 2.36. The van der Waals surface area contributed by atoms with Crippen LogP contribution in [0.3, 0.4) is 0 Å². The van der Waals surface area contributed by atoms with Gasteiger partial charge in [0.2, 0.25) is 5.79 Å². The Bertz CT molecular complexity index is 307. The minimum absolute atomic E-state index is 0.0607. The first-order chi connectivity index (χ1) is 6.76. The van der Waals surface area contributed by atoms with Gasteiger partial charge in [0.15, 0.2) is 0 Å². The van der Waals surface area contributed by atoms with E-state index in [0.29, 0.717) is 6.61 Å². The highest BCUT2D eigenvalue weighted by molar-refractivity contribution is 4.90. The molecular formula is C4H5N9O. The van der Waals surface area contributed by atoms with Crippen LogP contribution in [0.1, 0.15) is 6.42 Å². The van der Waals surface area contributed by atoms with Crippen LogP contribution in [0.25, 0.3) is 31.3 Å². The van der Waals surface area contributed by atoms with Crippen molar-refractivity contribution in [1.29, 1.82) is 0 Å². The molecule has 0 aromatic carbocycles. The molecule has 0 N–H and O–H groups in total. The standard InChI is InChI=1S/C4H5N9O/c5-11-8-4(9-12-6,10-13-7)1-3-2-14-3/h3H,1-2H2. The molecule has 0 spiro atoms. The molecule has 0 saturated carbocycles. The zero-order valence-electron chi connectivity index (χ0n) is 6.92. The average Bonchev–Trinajstić information content (AvgIpc) is 2.89. The number of azide groups is 1. The molecule has 10 heteroatoms. The molecule has 10 nitrogen and oxygen atoms in total. The summed E-state index contributed by atoms with van der Waals surface area (Å²) in [4.78, 5) is 7.40. The highest BCUT2D eigenvalue weighted by atomic mass is 16.6. The Balaban J connectivity index is 2.96. The Morgan fingerprint density at radius 2 is 1.57 bits per heavy atom. The van der Waals surface area contributed by atoms with Gasteiger partial charge in [-0.3, -0.25) is 0 Å². The SMILES string of the molecule is [N-]=[N+]=NC(CC1CO1)(N=[N+]=[N-])N=[N+]=[N-]. The lowest BCUT2D eigenvalue weighted by Crippen LogP contribution is -2.21. The number of epoxide rings is 1. The van der Waals surface area contributed by atoms with E-state index in [1.807, 2.05) is 0 Å². The second-order valence-electron chi connectivity index (χ2n) is 2.50. The quantitative estimate of drug-likeness (QED) is 0.280. The highest BCUT2D eigenvalue weighted by Crippen LogP contribution is 2.29. The van der Waals surface area contributed by atoms with Crippen molar-refractivity contribution in [2.45, 2.75) is 18.3 Å². The fourth-order valence-electron chi connectivity index (χ4n) is 0.889. The molecule has 0 aromatic heterocycles. The molecule has 0 radical (unpaired) electrons. The van der Waals surface area contributed by atoms with Crippen LogP contribution in [0.5, 0.6) is 0 Å². The van der Waals surface area contributed by atoms with Gasteiger partial charge >= 0.3 is 0 Å². The molecule has 1 fully saturated rings. The van der Waals surface area contributed by atoms with Crippen molar-refractivity contribution in [2.24, 2.45) is 15.3 Å². The maximum Gasteiger partial charge on any atom is 0.207 e. The molecule has 1 unspecified atom stereocenters. The van der Waals surface area contributed by atoms with Gasteiger partial charge in [0.25, 0.3) is 0 Å². The minimum atomic E-state index is -1.76. The normalized spacial score (nSPS) is 21.9. The van der Waals surface area contributed by atoms with Crippen molar-refractivity contribution >= 4 is 0 Å². The molecule has 1 heterocycles. The van der Waals surface area contributed by atoms with Crippen LogP contribution >= 0.6 is 0 Å². The molecule has 1 rings (SSSR count). The Labute approximate surface area is 77.3 Å². The first-order valence-electron chi connectivity index (χ1n) is 3.57. The summed E-state index contributed by atoms with van der Waals surface area (Å²) in [5.74, 6) is -1.76. The van der Waals surface area contributed by atoms with Gasteiger partial charge in [-0.15, -0.1) is 0 Å². The Kier molecular flexibility index (Phi) is 3.01. The minimum Gasteiger partial charge on any atom is -0.373 e. The number of rotatable bonds is 5. The maximum atomic E-state index is 8.24. The molecule has 14 heavy (non-hydrogen) atoms. The molecule has 1 aliphatic heterocycles. The first kappa shape index (κ1) is 9.97. The fraction of sp³-hybridized carbons (Fsp3) is 1.00. The first-order valence-corrected chi connectivity index (χ1v) is 3.57. The highest BCUT2D eigenvalue weighted by Gasteiger charge is 2.36. The zero-order chi connectivity index (χ0) is 10.4. The van der Waals surface area contributed by atoms with E-state index < -0.39 is 5.79 Å². The van der Waals surface area contributed by atoms with Crippen LogP contribution in [0.2, 0.25) is 0 Å². The van der Waals surface area contributed by atoms with Crippen LogP contribution in [-0.2, 0) is 4.74 Å². The van der Waals surface area contributed by atoms with Gasteiger partial charge in [-0.2, -0.15) is 0 Å². The van der Waals surface area contributed by atoms with Crippen LogP contribution in [0, 0.1) is 0 Å². The van der Waals surface area contributed by atoms with Crippen LogP contribution < -0.4 is 0 Å². The van der Waals surface area contributed by atoms with Crippen LogP contribution in [0.4, 0.5) is 0 Å². The predicted molar refractivity (Wildman–Crippen MR) is 44.5 cm³/mol. The molecule has 0 aromatic rings. The van der Waals surface area contributed by atoms with E-state index in [4.69, 9.17) is 21.3 Å². The second-order valence-corrected chi connectivity index (χ2v) is 2.50. The summed E-state index contributed by atoms with van der Waals surface area (Å²) in [6.07, 6.45) is -0.123. The van der Waals surface area contributed by atoms with E-state index in [0.717, 1.165) is 0 Å². The summed E-state index contributed by atoms with van der Waals surface area (Å²) in [7, 11) is 0. The van der Waals surface area contributed by atoms with Crippen molar-refractivity contribution in [1.82, 2.24) is 0 Å². The van der Waals surface area contributed by atoms with E-state index in [-0.39, 0.29) is 12.5 Å². The molecular weight excluding hydrogens is 190 g/mol. The lowest BCUT2D eigenvalue weighted by Gasteiger charge is -2.13. The molecule has 1 aliphatic rings. The van der Waals surface area contributed by atoms with Gasteiger partial charge in [0.05, 0.1) is 12.7 Å². The molecule has 0 aliphatic carbocycles. The van der Waals surface area contributed by atoms with Crippen molar-refractivity contribution < 1.29 is 4.74 Å². The van der Waals surface area contributed by atoms with Crippen molar-refractivity contribution in [2.75, 3.05) is 6.61 Å². The van der Waals surface area contributed by atoms with E-state index in [2.05, 4.69) is 30.1 Å². The van der Waals surface area contributed by atoms with E-state index >= 15 is 0 Å². The smallest absolute Gasteiger partial charge is 0.207 e. The van der Waals surface area contributed by atoms with Gasteiger partial charge < -0.3 is 4.74 Å². The Morgan fingerprint density at radius 1 is 1.14 bits per heavy atom. The van der Waals surface area contributed by atoms with Gasteiger partial charge in [0, 0.05) is 14.7 Å². The maximum absolute atomic E-state index is 8.24. The number of nitrogens with zero attached hydrogens (tertiary/aromatic N) is 9. The van der Waals surface area contributed by atoms with Gasteiger partial charge in [-0.25, -0.2) is 0 Å². The Morgan fingerprint density at radius 3 is 1.86 bits per heavy atom. The number of ether oxygens (including phenoxy) is 1. The molecule has 72 valence electrons. The lowest BCUT2D eigenvalue weighted by atomic mass is 10.2. The van der Waals surface area contributed by atoms with Crippen LogP contribution in [-0.4, -0.2) is 18.5 Å². The summed E-state index contributed by atoms with van der Waals surface area (Å²) in [5, 5.41) is 9.52. The molecule has 0 amide bonds.